The molecule has 3 aromatic carbocycles. The van der Waals surface area contributed by atoms with E-state index in [9.17, 15) is 13.2 Å². The van der Waals surface area contributed by atoms with Crippen LogP contribution in [0.4, 0.5) is 5.69 Å². The highest BCUT2D eigenvalue weighted by Crippen LogP contribution is 2.27. The highest BCUT2D eigenvalue weighted by molar-refractivity contribution is 7.92. The molecule has 1 atom stereocenters. The summed E-state index contributed by atoms with van der Waals surface area (Å²) in [5.74, 6) is -1.29. The lowest BCUT2D eigenvalue weighted by atomic mass is 9.87. The average Bonchev–Trinajstić information content (AvgIpc) is 2.75. The van der Waals surface area contributed by atoms with Crippen molar-refractivity contribution < 1.29 is 18.4 Å². The van der Waals surface area contributed by atoms with Gasteiger partial charge in [0.05, 0.1) is 10.8 Å². The second-order valence-corrected chi connectivity index (χ2v) is 10.0. The minimum absolute atomic E-state index is 0.0678. The number of benzene rings is 3. The zero-order valence-corrected chi connectivity index (χ0v) is 18.5. The Morgan fingerprint density at radius 2 is 1.39 bits per heavy atom. The van der Waals surface area contributed by atoms with Crippen LogP contribution in [0.5, 0.6) is 0 Å². The summed E-state index contributed by atoms with van der Waals surface area (Å²) in [5, 5.41) is 9.14. The van der Waals surface area contributed by atoms with Crippen molar-refractivity contribution in [2.24, 2.45) is 0 Å². The quantitative estimate of drug-likeness (QED) is 0.392. The molecule has 0 aliphatic carbocycles. The maximum Gasteiger partial charge on any atom is 0.261 e. The number of hydrogen-bond donors (Lipinski definition) is 3. The third-order valence-corrected chi connectivity index (χ3v) is 6.43. The molecule has 3 aromatic rings. The number of carbonyl (C=O) groups excluding carboxylic acids is 1. The van der Waals surface area contributed by atoms with Gasteiger partial charge in [-0.3, -0.25) is 14.7 Å². The van der Waals surface area contributed by atoms with E-state index in [0.29, 0.717) is 16.8 Å². The predicted molar refractivity (Wildman–Crippen MR) is 121 cm³/mol. The first-order chi connectivity index (χ1) is 14.6. The van der Waals surface area contributed by atoms with Crippen molar-refractivity contribution in [2.75, 3.05) is 4.72 Å². The molecule has 3 N–H and O–H groups in total. The first kappa shape index (κ1) is 22.5. The summed E-state index contributed by atoms with van der Waals surface area (Å²) in [4.78, 5) is 12.4. The molecule has 1 amide bonds. The van der Waals surface area contributed by atoms with Gasteiger partial charge in [0.1, 0.15) is 0 Å². The Hall–Kier alpha value is -3.16. The molecule has 0 aliphatic rings. The van der Waals surface area contributed by atoms with Gasteiger partial charge in [0.25, 0.3) is 15.9 Å². The number of hydroxylamine groups is 1. The molecule has 162 valence electrons. The maximum atomic E-state index is 12.7. The molecule has 0 radical (unpaired) electrons. The van der Waals surface area contributed by atoms with Crippen LogP contribution in [-0.4, -0.2) is 19.5 Å². The summed E-state index contributed by atoms with van der Waals surface area (Å²) < 4.78 is 28.1. The average molecular weight is 439 g/mol. The van der Waals surface area contributed by atoms with Gasteiger partial charge in [-0.1, -0.05) is 75.4 Å². The normalized spacial score (nSPS) is 12.8. The van der Waals surface area contributed by atoms with Crippen LogP contribution in [0.15, 0.2) is 83.8 Å². The second-order valence-electron chi connectivity index (χ2n) is 8.32. The summed E-state index contributed by atoms with van der Waals surface area (Å²) >= 11 is 0. The Bertz CT molecular complexity index is 1130. The van der Waals surface area contributed by atoms with Gasteiger partial charge in [0.15, 0.2) is 0 Å². The fraction of sp³-hybridized carbons (Fsp3) is 0.208. The van der Waals surface area contributed by atoms with Gasteiger partial charge in [0.2, 0.25) is 0 Å². The van der Waals surface area contributed by atoms with Crippen LogP contribution in [-0.2, 0) is 20.2 Å². The molecule has 0 aliphatic heterocycles. The number of nitrogens with one attached hydrogen (secondary N) is 2. The van der Waals surface area contributed by atoms with Crippen molar-refractivity contribution in [3.63, 3.8) is 0 Å². The van der Waals surface area contributed by atoms with Gasteiger partial charge in [-0.05, 0) is 46.4 Å². The highest BCUT2D eigenvalue weighted by atomic mass is 32.2. The van der Waals surface area contributed by atoms with Crippen LogP contribution in [0.1, 0.15) is 43.4 Å². The third kappa shape index (κ3) is 5.31. The molecule has 0 aromatic heterocycles. The standard InChI is InChI=1S/C24H26N2O4S/c1-24(2,3)19-11-15-21(16-12-19)31(29,30)26-20-13-9-18(10-14-20)22(23(27)25-28)17-7-5-4-6-8-17/h4-16,22,26,28H,1-3H3,(H,25,27). The van der Waals surface area contributed by atoms with Crippen LogP contribution in [0.3, 0.4) is 0 Å². The molecule has 0 heterocycles. The number of sulfonamides is 1. The van der Waals surface area contributed by atoms with Crippen LogP contribution in [0.2, 0.25) is 0 Å². The number of anilines is 1. The van der Waals surface area contributed by atoms with Gasteiger partial charge in [-0.2, -0.15) is 0 Å². The van der Waals surface area contributed by atoms with Crippen molar-refractivity contribution in [3.05, 3.63) is 95.6 Å². The van der Waals surface area contributed by atoms with Gasteiger partial charge in [-0.25, -0.2) is 13.9 Å². The van der Waals surface area contributed by atoms with E-state index in [2.05, 4.69) is 25.5 Å². The number of carbonyl (C=O) groups is 1. The van der Waals surface area contributed by atoms with Crippen LogP contribution >= 0.6 is 0 Å². The van der Waals surface area contributed by atoms with Gasteiger partial charge in [0, 0.05) is 5.69 Å². The van der Waals surface area contributed by atoms with Crippen LogP contribution in [0, 0.1) is 0 Å². The lowest BCUT2D eigenvalue weighted by Crippen LogP contribution is -2.27. The molecule has 0 bridgehead atoms. The highest BCUT2D eigenvalue weighted by Gasteiger charge is 2.23. The Morgan fingerprint density at radius 1 is 0.839 bits per heavy atom. The zero-order chi connectivity index (χ0) is 22.6. The van der Waals surface area contributed by atoms with E-state index in [1.807, 2.05) is 18.2 Å². The number of amides is 1. The van der Waals surface area contributed by atoms with Crippen molar-refractivity contribution in [2.45, 2.75) is 37.0 Å². The fourth-order valence-corrected chi connectivity index (χ4v) is 4.36. The van der Waals surface area contributed by atoms with Crippen molar-refractivity contribution >= 4 is 21.6 Å². The largest absolute Gasteiger partial charge is 0.289 e. The van der Waals surface area contributed by atoms with Crippen molar-refractivity contribution in [1.29, 1.82) is 0 Å². The summed E-state index contributed by atoms with van der Waals surface area (Å²) in [6, 6.07) is 22.3. The van der Waals surface area contributed by atoms with Gasteiger partial charge < -0.3 is 0 Å². The topological polar surface area (TPSA) is 95.5 Å². The van der Waals surface area contributed by atoms with Crippen molar-refractivity contribution in [1.82, 2.24) is 5.48 Å². The van der Waals surface area contributed by atoms with E-state index in [-0.39, 0.29) is 10.3 Å². The predicted octanol–water partition coefficient (Wildman–Crippen LogP) is 4.42. The monoisotopic (exact) mass is 438 g/mol. The van der Waals surface area contributed by atoms with Gasteiger partial charge >= 0.3 is 0 Å². The minimum atomic E-state index is -3.75. The summed E-state index contributed by atoms with van der Waals surface area (Å²) in [6.45, 7) is 6.20. The van der Waals surface area contributed by atoms with E-state index in [4.69, 9.17) is 5.21 Å². The minimum Gasteiger partial charge on any atom is -0.289 e. The van der Waals surface area contributed by atoms with Crippen molar-refractivity contribution in [3.8, 4) is 0 Å². The molecule has 1 unspecified atom stereocenters. The molecule has 0 saturated carbocycles. The maximum absolute atomic E-state index is 12.7. The molecule has 0 fully saturated rings. The molecular weight excluding hydrogens is 412 g/mol. The first-order valence-electron chi connectivity index (χ1n) is 9.84. The number of rotatable bonds is 6. The Morgan fingerprint density at radius 3 is 1.90 bits per heavy atom. The summed E-state index contributed by atoms with van der Waals surface area (Å²) in [6.07, 6.45) is 0. The fourth-order valence-electron chi connectivity index (χ4n) is 3.30. The first-order valence-corrected chi connectivity index (χ1v) is 11.3. The summed E-state index contributed by atoms with van der Waals surface area (Å²) in [7, 11) is -3.75. The molecule has 0 spiro atoms. The lowest BCUT2D eigenvalue weighted by molar-refractivity contribution is -0.129. The SMILES string of the molecule is CC(C)(C)c1ccc(S(=O)(=O)Nc2ccc(C(C(=O)NO)c3ccccc3)cc2)cc1. The van der Waals surface area contributed by atoms with E-state index in [0.717, 1.165) is 5.56 Å². The van der Waals surface area contributed by atoms with E-state index in [1.54, 1.807) is 66.1 Å². The molecule has 6 nitrogen and oxygen atoms in total. The molecule has 0 saturated heterocycles. The Kier molecular flexibility index (Phi) is 6.48. The van der Waals surface area contributed by atoms with Crippen LogP contribution < -0.4 is 10.2 Å². The lowest BCUT2D eigenvalue weighted by Gasteiger charge is -2.19. The molecule has 31 heavy (non-hydrogen) atoms. The van der Waals surface area contributed by atoms with E-state index >= 15 is 0 Å². The molecule has 7 heteroatoms. The summed E-state index contributed by atoms with van der Waals surface area (Å²) in [5.41, 5.74) is 4.38. The zero-order valence-electron chi connectivity index (χ0n) is 17.7. The third-order valence-electron chi connectivity index (χ3n) is 5.03. The molecular formula is C24H26N2O4S. The number of hydrogen-bond acceptors (Lipinski definition) is 4. The van der Waals surface area contributed by atoms with Crippen LogP contribution in [0.25, 0.3) is 0 Å². The van der Waals surface area contributed by atoms with E-state index < -0.39 is 21.8 Å². The van der Waals surface area contributed by atoms with E-state index in [1.165, 1.54) is 0 Å². The Labute approximate surface area is 183 Å². The molecule has 3 rings (SSSR count). The smallest absolute Gasteiger partial charge is 0.261 e. The van der Waals surface area contributed by atoms with Gasteiger partial charge in [-0.15, -0.1) is 0 Å². The second kappa shape index (κ2) is 8.91. The Balaban J connectivity index is 1.83.